The molecular weight excluding hydrogens is 537 g/mol. The average molecular weight is 570 g/mol. The Balaban J connectivity index is 1.66. The lowest BCUT2D eigenvalue weighted by molar-refractivity contribution is -0.118. The van der Waals surface area contributed by atoms with Crippen LogP contribution in [0.2, 0.25) is 5.02 Å². The smallest absolute Gasteiger partial charge is 0.162 e. The normalized spacial score (nSPS) is 18.3. The zero-order valence-electron chi connectivity index (χ0n) is 23.9. The summed E-state index contributed by atoms with van der Waals surface area (Å²) in [6.45, 7) is 10.3. The van der Waals surface area contributed by atoms with E-state index in [1.165, 1.54) is 6.07 Å². The van der Waals surface area contributed by atoms with E-state index in [0.29, 0.717) is 35.7 Å². The fourth-order valence-corrected chi connectivity index (χ4v) is 6.27. The molecule has 41 heavy (non-hydrogen) atoms. The zero-order valence-corrected chi connectivity index (χ0v) is 24.7. The van der Waals surface area contributed by atoms with Crippen LogP contribution in [0.5, 0.6) is 5.75 Å². The van der Waals surface area contributed by atoms with E-state index in [1.807, 2.05) is 52.8 Å². The predicted molar refractivity (Wildman–Crippen MR) is 160 cm³/mol. The lowest BCUT2D eigenvalue weighted by Gasteiger charge is -2.44. The number of nitrogens with two attached hydrogens (primary N) is 1. The molecule has 0 aromatic heterocycles. The molecule has 3 aromatic carbocycles. The summed E-state index contributed by atoms with van der Waals surface area (Å²) in [4.78, 5) is 15.5. The molecule has 5 nitrogen and oxygen atoms in total. The number of nitriles is 1. The summed E-state index contributed by atoms with van der Waals surface area (Å²) in [5, 5.41) is 11.1. The van der Waals surface area contributed by atoms with Crippen molar-refractivity contribution in [2.24, 2.45) is 11.1 Å². The average Bonchev–Trinajstić information content (AvgIpc) is 2.89. The third-order valence-corrected chi connectivity index (χ3v) is 8.27. The molecular formula is C34H33ClFN3O2. The molecule has 0 saturated heterocycles. The summed E-state index contributed by atoms with van der Waals surface area (Å²) < 4.78 is 21.3. The molecule has 3 aromatic rings. The number of ether oxygens (including phenoxy) is 1. The highest BCUT2D eigenvalue weighted by Gasteiger charge is 2.45. The minimum Gasteiger partial charge on any atom is -0.489 e. The highest BCUT2D eigenvalue weighted by atomic mass is 35.5. The number of carbonyl (C=O) groups is 1. The standard InChI is InChI=1S/C34H33ClFN3O2/c1-19-12-20(2)24(14-22(19)18-41-30-11-10-23(35)13-21(30)3)31-25(17-37)33(38)39(27-9-7-6-8-26(27)36)28-15-34(4,5)16-29(40)32(28)31/h6-14,31H,15-16,18,38H2,1-5H3. The Morgan fingerprint density at radius 1 is 1.07 bits per heavy atom. The van der Waals surface area contributed by atoms with Gasteiger partial charge >= 0.3 is 0 Å². The second-order valence-corrected chi connectivity index (χ2v) is 12.2. The van der Waals surface area contributed by atoms with Gasteiger partial charge in [-0.1, -0.05) is 49.7 Å². The Labute approximate surface area is 245 Å². The van der Waals surface area contributed by atoms with Crippen LogP contribution in [-0.2, 0) is 11.4 Å². The van der Waals surface area contributed by atoms with E-state index < -0.39 is 11.7 Å². The van der Waals surface area contributed by atoms with Crippen LogP contribution in [0.25, 0.3) is 0 Å². The van der Waals surface area contributed by atoms with Gasteiger partial charge in [0, 0.05) is 22.7 Å². The van der Waals surface area contributed by atoms with E-state index in [4.69, 9.17) is 22.1 Å². The van der Waals surface area contributed by atoms with Crippen LogP contribution in [0, 0.1) is 43.3 Å². The quantitative estimate of drug-likeness (QED) is 0.337. The molecule has 1 aliphatic heterocycles. The number of aryl methyl sites for hydroxylation is 3. The first-order valence-electron chi connectivity index (χ1n) is 13.6. The number of allylic oxidation sites excluding steroid dienone is 3. The first kappa shape index (κ1) is 28.4. The number of Topliss-reactive ketones (excluding diaryl/α,β-unsaturated/α-hetero) is 1. The molecule has 1 atom stereocenters. The Kier molecular flexibility index (Phi) is 7.44. The molecule has 0 amide bonds. The Bertz CT molecular complexity index is 1680. The van der Waals surface area contributed by atoms with Crippen LogP contribution in [-0.4, -0.2) is 5.78 Å². The van der Waals surface area contributed by atoms with Crippen LogP contribution >= 0.6 is 11.6 Å². The van der Waals surface area contributed by atoms with Crippen molar-refractivity contribution in [2.75, 3.05) is 4.90 Å². The lowest BCUT2D eigenvalue weighted by Crippen LogP contribution is -2.42. The first-order valence-corrected chi connectivity index (χ1v) is 14.0. The maximum Gasteiger partial charge on any atom is 0.162 e. The van der Waals surface area contributed by atoms with Crippen LogP contribution in [0.4, 0.5) is 10.1 Å². The second-order valence-electron chi connectivity index (χ2n) is 11.8. The molecule has 1 heterocycles. The largest absolute Gasteiger partial charge is 0.489 e. The SMILES string of the molecule is Cc1cc(C)c(C2C(C#N)=C(N)N(c3ccccc3F)C3=C2C(=O)CC(C)(C)C3)cc1COc1ccc(Cl)cc1C. The number of carbonyl (C=O) groups excluding carboxylic acids is 1. The molecule has 0 radical (unpaired) electrons. The summed E-state index contributed by atoms with van der Waals surface area (Å²) in [6, 6.07) is 18.1. The Morgan fingerprint density at radius 3 is 2.49 bits per heavy atom. The maximum absolute atomic E-state index is 15.2. The van der Waals surface area contributed by atoms with E-state index in [1.54, 1.807) is 29.2 Å². The predicted octanol–water partition coefficient (Wildman–Crippen LogP) is 7.92. The van der Waals surface area contributed by atoms with E-state index in [-0.39, 0.29) is 28.3 Å². The van der Waals surface area contributed by atoms with Crippen LogP contribution in [0.15, 0.2) is 77.3 Å². The van der Waals surface area contributed by atoms with Gasteiger partial charge in [-0.2, -0.15) is 5.26 Å². The van der Waals surface area contributed by atoms with E-state index in [2.05, 4.69) is 12.1 Å². The fourth-order valence-electron chi connectivity index (χ4n) is 6.04. The van der Waals surface area contributed by atoms with Crippen molar-refractivity contribution in [2.45, 2.75) is 60.0 Å². The summed E-state index contributed by atoms with van der Waals surface area (Å²) in [5.74, 6) is -0.333. The topological polar surface area (TPSA) is 79.4 Å². The number of anilines is 1. The van der Waals surface area contributed by atoms with Crippen molar-refractivity contribution >= 4 is 23.1 Å². The van der Waals surface area contributed by atoms with Crippen molar-refractivity contribution in [3.05, 3.63) is 116 Å². The minimum atomic E-state index is -0.668. The van der Waals surface area contributed by atoms with Gasteiger partial charge in [0.15, 0.2) is 5.78 Å². The number of hydrogen-bond donors (Lipinski definition) is 1. The number of para-hydroxylation sites is 1. The third-order valence-electron chi connectivity index (χ3n) is 8.03. The minimum absolute atomic E-state index is 0.0580. The number of rotatable bonds is 5. The van der Waals surface area contributed by atoms with Crippen molar-refractivity contribution in [3.8, 4) is 11.8 Å². The van der Waals surface area contributed by atoms with Gasteiger partial charge in [0.05, 0.1) is 23.2 Å². The fraction of sp³-hybridized carbons (Fsp3) is 0.294. The van der Waals surface area contributed by atoms with Crippen molar-refractivity contribution in [3.63, 3.8) is 0 Å². The Morgan fingerprint density at radius 2 is 1.80 bits per heavy atom. The van der Waals surface area contributed by atoms with Crippen LogP contribution in [0.1, 0.15) is 60.4 Å². The first-order chi connectivity index (χ1) is 19.4. The highest BCUT2D eigenvalue weighted by Crippen LogP contribution is 2.51. The number of halogens is 2. The van der Waals surface area contributed by atoms with Crippen molar-refractivity contribution in [1.29, 1.82) is 5.26 Å². The van der Waals surface area contributed by atoms with Gasteiger partial charge in [0.25, 0.3) is 0 Å². The molecule has 0 fully saturated rings. The number of ketones is 1. The number of benzene rings is 3. The molecule has 1 aliphatic carbocycles. The maximum atomic E-state index is 15.2. The highest BCUT2D eigenvalue weighted by molar-refractivity contribution is 6.30. The molecule has 1 unspecified atom stereocenters. The molecule has 2 aliphatic rings. The molecule has 0 saturated carbocycles. The Hall–Kier alpha value is -4.08. The summed E-state index contributed by atoms with van der Waals surface area (Å²) in [6.07, 6.45) is 0.831. The molecule has 5 rings (SSSR count). The molecule has 0 bridgehead atoms. The van der Waals surface area contributed by atoms with Crippen LogP contribution in [0.3, 0.4) is 0 Å². The van der Waals surface area contributed by atoms with Gasteiger partial charge in [-0.05, 0) is 90.8 Å². The summed E-state index contributed by atoms with van der Waals surface area (Å²) in [7, 11) is 0. The van der Waals surface area contributed by atoms with E-state index in [9.17, 15) is 10.1 Å². The van der Waals surface area contributed by atoms with Gasteiger partial charge in [0.2, 0.25) is 0 Å². The summed E-state index contributed by atoms with van der Waals surface area (Å²) >= 11 is 6.11. The monoisotopic (exact) mass is 569 g/mol. The van der Waals surface area contributed by atoms with Gasteiger partial charge in [-0.25, -0.2) is 4.39 Å². The summed E-state index contributed by atoms with van der Waals surface area (Å²) in [5.41, 5.74) is 12.6. The van der Waals surface area contributed by atoms with Gasteiger partial charge in [0.1, 0.15) is 24.0 Å². The zero-order chi connectivity index (χ0) is 29.6. The van der Waals surface area contributed by atoms with E-state index >= 15 is 4.39 Å². The van der Waals surface area contributed by atoms with Crippen molar-refractivity contribution < 1.29 is 13.9 Å². The van der Waals surface area contributed by atoms with E-state index in [0.717, 1.165) is 33.6 Å². The van der Waals surface area contributed by atoms with Gasteiger partial charge in [-0.3, -0.25) is 9.69 Å². The molecule has 2 N–H and O–H groups in total. The second kappa shape index (κ2) is 10.7. The van der Waals surface area contributed by atoms with Crippen LogP contribution < -0.4 is 15.4 Å². The van der Waals surface area contributed by atoms with Gasteiger partial charge in [-0.15, -0.1) is 0 Å². The van der Waals surface area contributed by atoms with Crippen molar-refractivity contribution in [1.82, 2.24) is 0 Å². The molecule has 210 valence electrons. The third kappa shape index (κ3) is 5.23. The van der Waals surface area contributed by atoms with Gasteiger partial charge < -0.3 is 10.5 Å². The molecule has 0 spiro atoms. The number of nitrogens with zero attached hydrogens (tertiary/aromatic N) is 2. The lowest BCUT2D eigenvalue weighted by atomic mass is 9.68. The molecule has 7 heteroatoms. The number of hydrogen-bond acceptors (Lipinski definition) is 5.